The number of carboxylic acid groups (broad SMARTS) is 1. The molecule has 0 spiro atoms. The van der Waals surface area contributed by atoms with Crippen molar-refractivity contribution in [3.63, 3.8) is 0 Å². The van der Waals surface area contributed by atoms with Crippen molar-refractivity contribution in [2.45, 2.75) is 25.3 Å². The molecule has 0 saturated heterocycles. The van der Waals surface area contributed by atoms with E-state index in [0.717, 1.165) is 22.6 Å². The van der Waals surface area contributed by atoms with Crippen LogP contribution >= 0.6 is 0 Å². The van der Waals surface area contributed by atoms with Gasteiger partial charge in [-0.1, -0.05) is 30.3 Å². The number of methoxy groups -OCH3 is 1. The summed E-state index contributed by atoms with van der Waals surface area (Å²) in [6.07, 6.45) is 0.114. The molecule has 0 radical (unpaired) electrons. The topological polar surface area (TPSA) is 82.0 Å². The van der Waals surface area contributed by atoms with Crippen molar-refractivity contribution in [1.82, 2.24) is 5.01 Å². The van der Waals surface area contributed by atoms with Crippen LogP contribution < -0.4 is 9.84 Å². The summed E-state index contributed by atoms with van der Waals surface area (Å²) in [5, 5.41) is 16.6. The monoisotopic (exact) mass is 351 g/mol. The zero-order valence-electron chi connectivity index (χ0n) is 14.4. The van der Waals surface area contributed by atoms with E-state index < -0.39 is 5.97 Å². The van der Waals surface area contributed by atoms with Crippen LogP contribution in [0.2, 0.25) is 0 Å². The van der Waals surface area contributed by atoms with Crippen molar-refractivity contribution in [3.05, 3.63) is 65.7 Å². The minimum atomic E-state index is -1.24. The first-order valence-electron chi connectivity index (χ1n) is 8.37. The predicted molar refractivity (Wildman–Crippen MR) is 94.4 cm³/mol. The van der Waals surface area contributed by atoms with Crippen LogP contribution in [0.25, 0.3) is 0 Å². The van der Waals surface area contributed by atoms with Gasteiger partial charge in [-0.3, -0.25) is 4.79 Å². The lowest BCUT2D eigenvalue weighted by Crippen LogP contribution is -2.29. The third kappa shape index (κ3) is 3.91. The summed E-state index contributed by atoms with van der Waals surface area (Å²) in [6.45, 7) is 0. The highest BCUT2D eigenvalue weighted by Gasteiger charge is 2.32. The van der Waals surface area contributed by atoms with Crippen LogP contribution in [-0.4, -0.2) is 29.7 Å². The number of aliphatic carboxylic acids is 1. The van der Waals surface area contributed by atoms with E-state index in [2.05, 4.69) is 5.10 Å². The van der Waals surface area contributed by atoms with E-state index in [1.807, 2.05) is 54.6 Å². The molecule has 1 aliphatic rings. The summed E-state index contributed by atoms with van der Waals surface area (Å²) in [5.74, 6) is -0.825. The Labute approximate surface area is 151 Å². The van der Waals surface area contributed by atoms with Gasteiger partial charge in [0, 0.05) is 18.8 Å². The van der Waals surface area contributed by atoms with Gasteiger partial charge in [0.25, 0.3) is 0 Å². The average Bonchev–Trinajstić information content (AvgIpc) is 3.12. The molecule has 0 N–H and O–H groups in total. The van der Waals surface area contributed by atoms with Crippen LogP contribution in [0.1, 0.15) is 36.4 Å². The maximum absolute atomic E-state index is 12.5. The quantitative estimate of drug-likeness (QED) is 0.796. The van der Waals surface area contributed by atoms with Gasteiger partial charge in [-0.15, -0.1) is 0 Å². The Bertz CT molecular complexity index is 815. The van der Waals surface area contributed by atoms with Gasteiger partial charge >= 0.3 is 0 Å². The third-order valence-corrected chi connectivity index (χ3v) is 4.32. The van der Waals surface area contributed by atoms with E-state index >= 15 is 0 Å². The predicted octanol–water partition coefficient (Wildman–Crippen LogP) is 1.90. The Morgan fingerprint density at radius 3 is 2.42 bits per heavy atom. The van der Waals surface area contributed by atoms with E-state index in [4.69, 9.17) is 4.74 Å². The van der Waals surface area contributed by atoms with Gasteiger partial charge in [0.05, 0.1) is 18.9 Å². The smallest absolute Gasteiger partial charge is 0.243 e. The molecule has 1 aliphatic heterocycles. The van der Waals surface area contributed by atoms with E-state index in [9.17, 15) is 14.7 Å². The van der Waals surface area contributed by atoms with Crippen LogP contribution in [-0.2, 0) is 9.59 Å². The third-order valence-electron chi connectivity index (χ3n) is 4.32. The van der Waals surface area contributed by atoms with Gasteiger partial charge in [-0.05, 0) is 41.8 Å². The Morgan fingerprint density at radius 2 is 1.81 bits per heavy atom. The molecule has 3 rings (SSSR count). The van der Waals surface area contributed by atoms with Gasteiger partial charge in [-0.2, -0.15) is 5.10 Å². The molecular weight excluding hydrogens is 332 g/mol. The fourth-order valence-electron chi connectivity index (χ4n) is 2.96. The van der Waals surface area contributed by atoms with Crippen LogP contribution in [0.3, 0.4) is 0 Å². The Balaban J connectivity index is 1.87. The number of carboxylic acids is 1. The van der Waals surface area contributed by atoms with Crippen LogP contribution in [0.4, 0.5) is 0 Å². The first kappa shape index (κ1) is 17.7. The summed E-state index contributed by atoms with van der Waals surface area (Å²) in [7, 11) is 1.60. The number of hydrazone groups is 1. The summed E-state index contributed by atoms with van der Waals surface area (Å²) in [4.78, 5) is 23.2. The Morgan fingerprint density at radius 1 is 1.12 bits per heavy atom. The minimum Gasteiger partial charge on any atom is -0.550 e. The molecule has 6 heteroatoms. The number of amides is 1. The second-order valence-corrected chi connectivity index (χ2v) is 6.02. The standard InChI is InChI=1S/C20H20N2O4/c1-26-16-9-7-14(8-10-16)17-13-18(15-5-3-2-4-6-15)22(21-17)19(23)11-12-20(24)25/h2-10,18H,11-13H2,1H3,(H,24,25)/p-1. The summed E-state index contributed by atoms with van der Waals surface area (Å²) >= 11 is 0. The number of carbonyl (C=O) groups is 2. The molecule has 6 nitrogen and oxygen atoms in total. The van der Waals surface area contributed by atoms with Crippen molar-refractivity contribution < 1.29 is 19.4 Å². The lowest BCUT2D eigenvalue weighted by atomic mass is 9.98. The SMILES string of the molecule is COc1ccc(C2=NN(C(=O)CCC(=O)[O-])C(c3ccccc3)C2)cc1. The van der Waals surface area contributed by atoms with E-state index in [0.29, 0.717) is 6.42 Å². The lowest BCUT2D eigenvalue weighted by molar-refractivity contribution is -0.305. The first-order valence-corrected chi connectivity index (χ1v) is 8.37. The molecule has 0 aromatic heterocycles. The minimum absolute atomic E-state index is 0.134. The number of nitrogens with zero attached hydrogens (tertiary/aromatic N) is 2. The maximum atomic E-state index is 12.5. The largest absolute Gasteiger partial charge is 0.550 e. The average molecular weight is 351 g/mol. The van der Waals surface area contributed by atoms with Gasteiger partial charge in [0.15, 0.2) is 0 Å². The van der Waals surface area contributed by atoms with Crippen molar-refractivity contribution >= 4 is 17.6 Å². The van der Waals surface area contributed by atoms with Crippen molar-refractivity contribution in [3.8, 4) is 5.75 Å². The zero-order valence-corrected chi connectivity index (χ0v) is 14.4. The fraction of sp³-hybridized carbons (Fsp3) is 0.250. The Hall–Kier alpha value is -3.15. The summed E-state index contributed by atoms with van der Waals surface area (Å²) < 4.78 is 5.17. The van der Waals surface area contributed by atoms with Crippen molar-refractivity contribution in [2.24, 2.45) is 5.10 Å². The molecule has 0 bridgehead atoms. The highest BCUT2D eigenvalue weighted by atomic mass is 16.5. The van der Waals surface area contributed by atoms with Crippen LogP contribution in [0, 0.1) is 0 Å². The normalized spacial score (nSPS) is 16.3. The lowest BCUT2D eigenvalue weighted by Gasteiger charge is -2.22. The van der Waals surface area contributed by atoms with E-state index in [1.54, 1.807) is 7.11 Å². The number of hydrogen-bond acceptors (Lipinski definition) is 5. The van der Waals surface area contributed by atoms with E-state index in [1.165, 1.54) is 5.01 Å². The summed E-state index contributed by atoms with van der Waals surface area (Å²) in [6, 6.07) is 16.8. The molecule has 0 fully saturated rings. The molecule has 1 amide bonds. The first-order chi connectivity index (χ1) is 12.6. The van der Waals surface area contributed by atoms with Crippen molar-refractivity contribution in [2.75, 3.05) is 7.11 Å². The number of rotatable bonds is 6. The zero-order chi connectivity index (χ0) is 18.5. The molecule has 26 heavy (non-hydrogen) atoms. The Kier molecular flexibility index (Phi) is 5.31. The highest BCUT2D eigenvalue weighted by molar-refractivity contribution is 6.03. The molecule has 1 heterocycles. The molecular formula is C20H19N2O4-. The van der Waals surface area contributed by atoms with Crippen LogP contribution in [0.15, 0.2) is 59.7 Å². The van der Waals surface area contributed by atoms with Crippen molar-refractivity contribution in [1.29, 1.82) is 0 Å². The fourth-order valence-corrected chi connectivity index (χ4v) is 2.96. The molecule has 2 aromatic carbocycles. The molecule has 0 aliphatic carbocycles. The van der Waals surface area contributed by atoms with Gasteiger partial charge in [0.1, 0.15) is 5.75 Å². The number of benzene rings is 2. The molecule has 0 saturated carbocycles. The number of carbonyl (C=O) groups excluding carboxylic acids is 2. The van der Waals surface area contributed by atoms with Gasteiger partial charge < -0.3 is 14.6 Å². The second kappa shape index (κ2) is 7.82. The van der Waals surface area contributed by atoms with Gasteiger partial charge in [-0.25, -0.2) is 5.01 Å². The maximum Gasteiger partial charge on any atom is 0.243 e. The molecule has 1 atom stereocenters. The van der Waals surface area contributed by atoms with E-state index in [-0.39, 0.29) is 24.8 Å². The highest BCUT2D eigenvalue weighted by Crippen LogP contribution is 2.33. The second-order valence-electron chi connectivity index (χ2n) is 6.02. The number of hydrogen-bond donors (Lipinski definition) is 0. The van der Waals surface area contributed by atoms with Crippen LogP contribution in [0.5, 0.6) is 5.75 Å². The molecule has 134 valence electrons. The molecule has 1 unspecified atom stereocenters. The van der Waals surface area contributed by atoms with Gasteiger partial charge in [0.2, 0.25) is 5.91 Å². The summed E-state index contributed by atoms with van der Waals surface area (Å²) in [5.41, 5.74) is 2.65. The number of ether oxygens (including phenoxy) is 1. The molecule has 2 aromatic rings.